The molecule has 0 radical (unpaired) electrons. The Morgan fingerprint density at radius 2 is 1.89 bits per heavy atom. The van der Waals surface area contributed by atoms with Gasteiger partial charge in [0.05, 0.1) is 11.6 Å². The van der Waals surface area contributed by atoms with E-state index in [1.807, 2.05) is 6.07 Å². The molecule has 1 aromatic carbocycles. The van der Waals surface area contributed by atoms with E-state index in [9.17, 15) is 9.59 Å². The summed E-state index contributed by atoms with van der Waals surface area (Å²) in [5.74, 6) is -0.0118. The summed E-state index contributed by atoms with van der Waals surface area (Å²) in [6, 6.07) is 8.91. The summed E-state index contributed by atoms with van der Waals surface area (Å²) < 4.78 is 0. The molecule has 18 heavy (non-hydrogen) atoms. The van der Waals surface area contributed by atoms with Gasteiger partial charge in [0, 0.05) is 12.1 Å². The standard InChI is InChI=1S/C13H11N3O2/c14-7-9-1-3-10(4-2-9)16-11-5-6-12(17)15(11)8-13(16)18/h1-4,11H,5-6,8H2. The minimum atomic E-state index is -0.141. The fourth-order valence-electron chi connectivity index (χ4n) is 2.58. The minimum Gasteiger partial charge on any atom is -0.312 e. The van der Waals surface area contributed by atoms with Gasteiger partial charge in [-0.15, -0.1) is 0 Å². The van der Waals surface area contributed by atoms with Crippen molar-refractivity contribution in [2.45, 2.75) is 19.0 Å². The van der Waals surface area contributed by atoms with Crippen LogP contribution < -0.4 is 4.90 Å². The molecule has 2 aliphatic rings. The Labute approximate surface area is 104 Å². The number of anilines is 1. The van der Waals surface area contributed by atoms with Crippen LogP contribution in [-0.4, -0.2) is 29.4 Å². The number of carbonyl (C=O) groups excluding carboxylic acids is 2. The van der Waals surface area contributed by atoms with Crippen molar-refractivity contribution in [3.63, 3.8) is 0 Å². The Balaban J connectivity index is 1.93. The lowest BCUT2D eigenvalue weighted by atomic mass is 10.2. The highest BCUT2D eigenvalue weighted by Gasteiger charge is 2.44. The molecule has 2 amide bonds. The number of hydrogen-bond donors (Lipinski definition) is 0. The predicted octanol–water partition coefficient (Wildman–Crippen LogP) is 0.853. The van der Waals surface area contributed by atoms with E-state index >= 15 is 0 Å². The van der Waals surface area contributed by atoms with Crippen LogP contribution in [0.15, 0.2) is 24.3 Å². The Morgan fingerprint density at radius 3 is 2.56 bits per heavy atom. The third kappa shape index (κ3) is 1.46. The van der Waals surface area contributed by atoms with Crippen molar-refractivity contribution in [3.05, 3.63) is 29.8 Å². The van der Waals surface area contributed by atoms with Crippen LogP contribution in [0.1, 0.15) is 18.4 Å². The number of amides is 2. The average molecular weight is 241 g/mol. The lowest BCUT2D eigenvalue weighted by molar-refractivity contribution is -0.129. The first kappa shape index (κ1) is 10.8. The molecule has 1 unspecified atom stereocenters. The summed E-state index contributed by atoms with van der Waals surface area (Å²) in [6.07, 6.45) is 1.05. The first-order valence-electron chi connectivity index (χ1n) is 5.82. The predicted molar refractivity (Wildman–Crippen MR) is 63.4 cm³/mol. The maximum absolute atomic E-state index is 12.0. The van der Waals surface area contributed by atoms with Crippen LogP contribution in [0.5, 0.6) is 0 Å². The largest absolute Gasteiger partial charge is 0.312 e. The van der Waals surface area contributed by atoms with Gasteiger partial charge in [0.15, 0.2) is 0 Å². The molecular weight excluding hydrogens is 230 g/mol. The molecule has 5 heteroatoms. The maximum Gasteiger partial charge on any atom is 0.248 e. The van der Waals surface area contributed by atoms with Crippen LogP contribution in [0.2, 0.25) is 0 Å². The van der Waals surface area contributed by atoms with Crippen LogP contribution in [0.4, 0.5) is 5.69 Å². The maximum atomic E-state index is 12.0. The van der Waals surface area contributed by atoms with Crippen LogP contribution in [0, 0.1) is 11.3 Å². The van der Waals surface area contributed by atoms with Crippen molar-refractivity contribution < 1.29 is 9.59 Å². The summed E-state index contributed by atoms with van der Waals surface area (Å²) in [7, 11) is 0. The summed E-state index contributed by atoms with van der Waals surface area (Å²) in [6.45, 7) is 0.170. The highest BCUT2D eigenvalue weighted by atomic mass is 16.2. The van der Waals surface area contributed by atoms with Crippen LogP contribution in [0.3, 0.4) is 0 Å². The molecule has 3 rings (SSSR count). The number of rotatable bonds is 1. The van der Waals surface area contributed by atoms with Crippen LogP contribution in [0.25, 0.3) is 0 Å². The topological polar surface area (TPSA) is 64.4 Å². The molecule has 0 bridgehead atoms. The van der Waals surface area contributed by atoms with Crippen molar-refractivity contribution in [2.75, 3.05) is 11.4 Å². The van der Waals surface area contributed by atoms with Crippen LogP contribution in [-0.2, 0) is 9.59 Å². The number of benzene rings is 1. The van der Waals surface area contributed by atoms with E-state index in [2.05, 4.69) is 0 Å². The third-order valence-electron chi connectivity index (χ3n) is 3.44. The quantitative estimate of drug-likeness (QED) is 0.732. The van der Waals surface area contributed by atoms with Gasteiger partial charge in [-0.05, 0) is 30.7 Å². The monoisotopic (exact) mass is 241 g/mol. The smallest absolute Gasteiger partial charge is 0.248 e. The molecule has 1 atom stereocenters. The Hall–Kier alpha value is -2.35. The summed E-state index contributed by atoms with van der Waals surface area (Å²) in [5.41, 5.74) is 1.31. The van der Waals surface area contributed by atoms with Gasteiger partial charge in [0.25, 0.3) is 0 Å². The van der Waals surface area contributed by atoms with Gasteiger partial charge < -0.3 is 4.90 Å². The molecule has 1 aromatic rings. The highest BCUT2D eigenvalue weighted by Crippen LogP contribution is 2.32. The van der Waals surface area contributed by atoms with Crippen molar-refractivity contribution in [2.24, 2.45) is 0 Å². The lowest BCUT2D eigenvalue weighted by Gasteiger charge is -2.24. The number of fused-ring (bicyclic) bond motifs is 1. The second-order valence-electron chi connectivity index (χ2n) is 4.46. The number of carbonyl (C=O) groups is 2. The summed E-state index contributed by atoms with van der Waals surface area (Å²) >= 11 is 0. The van der Waals surface area contributed by atoms with Crippen LogP contribution >= 0.6 is 0 Å². The molecule has 0 aliphatic carbocycles. The molecule has 2 heterocycles. The summed E-state index contributed by atoms with van der Waals surface area (Å²) in [5, 5.41) is 8.75. The van der Waals surface area contributed by atoms with Gasteiger partial charge in [-0.3, -0.25) is 14.5 Å². The molecule has 5 nitrogen and oxygen atoms in total. The van der Waals surface area contributed by atoms with Gasteiger partial charge in [-0.1, -0.05) is 0 Å². The molecule has 0 aromatic heterocycles. The first-order valence-corrected chi connectivity index (χ1v) is 5.82. The first-order chi connectivity index (χ1) is 8.70. The van der Waals surface area contributed by atoms with Gasteiger partial charge in [0.2, 0.25) is 11.8 Å². The SMILES string of the molecule is N#Cc1ccc(N2C(=O)CN3C(=O)CCC32)cc1. The van der Waals surface area contributed by atoms with Crippen molar-refractivity contribution >= 4 is 17.5 Å². The van der Waals surface area contributed by atoms with E-state index < -0.39 is 0 Å². The molecule has 0 spiro atoms. The zero-order chi connectivity index (χ0) is 12.7. The number of nitriles is 1. The van der Waals surface area contributed by atoms with Crippen molar-refractivity contribution in [3.8, 4) is 6.07 Å². The number of nitrogens with zero attached hydrogens (tertiary/aromatic N) is 3. The normalized spacial score (nSPS) is 22.3. The second-order valence-corrected chi connectivity index (χ2v) is 4.46. The van der Waals surface area contributed by atoms with Crippen molar-refractivity contribution in [1.29, 1.82) is 5.26 Å². The Bertz CT molecular complexity index is 559. The van der Waals surface area contributed by atoms with E-state index in [-0.39, 0.29) is 24.5 Å². The Morgan fingerprint density at radius 1 is 1.17 bits per heavy atom. The molecule has 0 saturated carbocycles. The third-order valence-corrected chi connectivity index (χ3v) is 3.44. The van der Waals surface area contributed by atoms with Gasteiger partial charge >= 0.3 is 0 Å². The van der Waals surface area contributed by atoms with E-state index in [0.717, 1.165) is 5.69 Å². The van der Waals surface area contributed by atoms with Gasteiger partial charge in [0.1, 0.15) is 12.7 Å². The zero-order valence-corrected chi connectivity index (χ0v) is 9.67. The summed E-state index contributed by atoms with van der Waals surface area (Å²) in [4.78, 5) is 26.8. The fraction of sp³-hybridized carbons (Fsp3) is 0.308. The van der Waals surface area contributed by atoms with Gasteiger partial charge in [-0.2, -0.15) is 5.26 Å². The van der Waals surface area contributed by atoms with E-state index in [0.29, 0.717) is 18.4 Å². The molecule has 2 saturated heterocycles. The highest BCUT2D eigenvalue weighted by molar-refractivity contribution is 6.02. The molecular formula is C13H11N3O2. The number of hydrogen-bond acceptors (Lipinski definition) is 3. The van der Waals surface area contributed by atoms with E-state index in [1.54, 1.807) is 34.1 Å². The zero-order valence-electron chi connectivity index (χ0n) is 9.67. The average Bonchev–Trinajstić information content (AvgIpc) is 2.89. The fourth-order valence-corrected chi connectivity index (χ4v) is 2.58. The lowest BCUT2D eigenvalue weighted by Crippen LogP contribution is -2.36. The second kappa shape index (κ2) is 3.84. The van der Waals surface area contributed by atoms with E-state index in [4.69, 9.17) is 5.26 Å². The minimum absolute atomic E-state index is 0.0458. The van der Waals surface area contributed by atoms with Crippen molar-refractivity contribution in [1.82, 2.24) is 4.90 Å². The van der Waals surface area contributed by atoms with E-state index in [1.165, 1.54) is 0 Å². The molecule has 2 aliphatic heterocycles. The molecule has 2 fully saturated rings. The Kier molecular flexibility index (Phi) is 2.30. The molecule has 0 N–H and O–H groups in total. The van der Waals surface area contributed by atoms with Gasteiger partial charge in [-0.25, -0.2) is 0 Å². The molecule has 90 valence electrons.